The number of amides is 1. The fourth-order valence-electron chi connectivity index (χ4n) is 1.85. The van der Waals surface area contributed by atoms with Crippen LogP contribution in [0.2, 0.25) is 0 Å². The Labute approximate surface area is 131 Å². The molecule has 1 aliphatic rings. The Morgan fingerprint density at radius 3 is 2.76 bits per heavy atom. The first kappa shape index (κ1) is 15.5. The minimum absolute atomic E-state index is 0.206. The number of hydrogen-bond acceptors (Lipinski definition) is 6. The van der Waals surface area contributed by atoms with Gasteiger partial charge in [-0.2, -0.15) is 0 Å². The number of nitrogens with zero attached hydrogens (tertiary/aromatic N) is 1. The molecule has 1 atom stereocenters. The van der Waals surface area contributed by atoms with Crippen LogP contribution in [0.4, 0.5) is 0 Å². The van der Waals surface area contributed by atoms with E-state index in [1.807, 2.05) is 12.1 Å². The van der Waals surface area contributed by atoms with Gasteiger partial charge in [-0.05, 0) is 19.1 Å². The molecule has 1 aromatic rings. The Bertz CT molecular complexity index is 642. The van der Waals surface area contributed by atoms with E-state index in [0.717, 1.165) is 22.2 Å². The van der Waals surface area contributed by atoms with E-state index in [2.05, 4.69) is 0 Å². The summed E-state index contributed by atoms with van der Waals surface area (Å²) >= 11 is 6.14. The molecule has 0 aromatic heterocycles. The molecule has 0 radical (unpaired) electrons. The number of carboxylic acid groups (broad SMARTS) is 1. The number of carbonyl (C=O) groups is 2. The zero-order valence-corrected chi connectivity index (χ0v) is 13.0. The van der Waals surface area contributed by atoms with Gasteiger partial charge in [0, 0.05) is 5.56 Å². The first-order chi connectivity index (χ1) is 9.95. The van der Waals surface area contributed by atoms with Crippen molar-refractivity contribution in [1.82, 2.24) is 4.90 Å². The van der Waals surface area contributed by atoms with Gasteiger partial charge in [-0.25, -0.2) is 0 Å². The lowest BCUT2D eigenvalue weighted by Crippen LogP contribution is -2.48. The summed E-state index contributed by atoms with van der Waals surface area (Å²) in [5, 5.41) is 10.9. The summed E-state index contributed by atoms with van der Waals surface area (Å²) in [7, 11) is 1.54. The van der Waals surface area contributed by atoms with Crippen LogP contribution in [0.3, 0.4) is 0 Å². The molecule has 1 amide bonds. The minimum atomic E-state index is -1.34. The lowest BCUT2D eigenvalue weighted by molar-refractivity contribution is -0.309. The molecule has 7 heteroatoms. The average Bonchev–Trinajstić information content (AvgIpc) is 2.73. The van der Waals surface area contributed by atoms with Gasteiger partial charge in [-0.15, -0.1) is 0 Å². The third kappa shape index (κ3) is 3.08. The highest BCUT2D eigenvalue weighted by Crippen LogP contribution is 2.35. The van der Waals surface area contributed by atoms with Crippen molar-refractivity contribution in [1.29, 1.82) is 0 Å². The molecule has 1 aliphatic heterocycles. The Morgan fingerprint density at radius 2 is 2.14 bits per heavy atom. The van der Waals surface area contributed by atoms with Crippen molar-refractivity contribution in [2.24, 2.45) is 0 Å². The van der Waals surface area contributed by atoms with E-state index in [1.54, 1.807) is 18.2 Å². The highest BCUT2D eigenvalue weighted by molar-refractivity contribution is 8.26. The molecule has 1 saturated heterocycles. The Hall–Kier alpha value is -1.86. The van der Waals surface area contributed by atoms with Crippen LogP contribution in [0, 0.1) is 0 Å². The summed E-state index contributed by atoms with van der Waals surface area (Å²) in [5.74, 6) is -1.16. The maximum Gasteiger partial charge on any atom is 0.266 e. The largest absolute Gasteiger partial charge is 0.548 e. The molecule has 2 rings (SSSR count). The van der Waals surface area contributed by atoms with Crippen LogP contribution in [-0.4, -0.2) is 34.2 Å². The van der Waals surface area contributed by atoms with Crippen LogP contribution >= 0.6 is 24.0 Å². The van der Waals surface area contributed by atoms with Crippen molar-refractivity contribution in [3.63, 3.8) is 0 Å². The second kappa shape index (κ2) is 6.28. The fourth-order valence-corrected chi connectivity index (χ4v) is 3.26. The van der Waals surface area contributed by atoms with Crippen LogP contribution in [0.15, 0.2) is 29.2 Å². The van der Waals surface area contributed by atoms with Gasteiger partial charge in [0.25, 0.3) is 5.91 Å². The first-order valence-electron chi connectivity index (χ1n) is 6.06. The van der Waals surface area contributed by atoms with Crippen LogP contribution < -0.4 is 9.84 Å². The van der Waals surface area contributed by atoms with Crippen molar-refractivity contribution in [3.05, 3.63) is 34.7 Å². The zero-order chi connectivity index (χ0) is 15.6. The fraction of sp³-hybridized carbons (Fsp3) is 0.214. The molecule has 5 nitrogen and oxygen atoms in total. The molecular formula is C14H12NO4S2-. The number of rotatable bonds is 4. The Kier molecular flexibility index (Phi) is 4.64. The molecule has 0 aliphatic carbocycles. The number of thiocarbonyl (C=S) groups is 1. The van der Waals surface area contributed by atoms with Gasteiger partial charge < -0.3 is 14.6 Å². The monoisotopic (exact) mass is 322 g/mol. The smallest absolute Gasteiger partial charge is 0.266 e. The van der Waals surface area contributed by atoms with Gasteiger partial charge in [0.05, 0.1) is 24.0 Å². The maximum absolute atomic E-state index is 12.3. The number of benzene rings is 1. The number of methoxy groups -OCH3 is 1. The summed E-state index contributed by atoms with van der Waals surface area (Å²) in [6, 6.07) is 6.11. The molecule has 1 unspecified atom stereocenters. The number of hydrogen-bond donors (Lipinski definition) is 0. The molecule has 1 heterocycles. The number of thioether (sulfide) groups is 1. The highest BCUT2D eigenvalue weighted by Gasteiger charge is 2.35. The third-order valence-electron chi connectivity index (χ3n) is 2.98. The van der Waals surface area contributed by atoms with Crippen molar-refractivity contribution in [2.75, 3.05) is 7.11 Å². The topological polar surface area (TPSA) is 69.7 Å². The minimum Gasteiger partial charge on any atom is -0.548 e. The second-order valence-electron chi connectivity index (χ2n) is 4.29. The SMILES string of the molecule is COc1ccccc1C=C1SC(=S)N(C(C)C(=O)[O-])C1=O. The summed E-state index contributed by atoms with van der Waals surface area (Å²) in [6.07, 6.45) is 1.64. The predicted molar refractivity (Wildman–Crippen MR) is 82.5 cm³/mol. The van der Waals surface area contributed by atoms with E-state index in [1.165, 1.54) is 14.0 Å². The van der Waals surface area contributed by atoms with Crippen LogP contribution in [-0.2, 0) is 9.59 Å². The van der Waals surface area contributed by atoms with E-state index in [9.17, 15) is 14.7 Å². The zero-order valence-electron chi connectivity index (χ0n) is 11.4. The molecule has 0 N–H and O–H groups in total. The van der Waals surface area contributed by atoms with E-state index in [0.29, 0.717) is 10.7 Å². The average molecular weight is 322 g/mol. The maximum atomic E-state index is 12.3. The molecule has 21 heavy (non-hydrogen) atoms. The number of ether oxygens (including phenoxy) is 1. The number of carboxylic acids is 1. The van der Waals surface area contributed by atoms with Gasteiger partial charge in [0.15, 0.2) is 0 Å². The second-order valence-corrected chi connectivity index (χ2v) is 5.96. The Balaban J connectivity index is 2.34. The lowest BCUT2D eigenvalue weighted by atomic mass is 10.2. The van der Waals surface area contributed by atoms with Crippen molar-refractivity contribution < 1.29 is 19.4 Å². The molecule has 0 bridgehead atoms. The highest BCUT2D eigenvalue weighted by atomic mass is 32.2. The molecule has 1 aromatic carbocycles. The van der Waals surface area contributed by atoms with E-state index in [-0.39, 0.29) is 4.32 Å². The van der Waals surface area contributed by atoms with Crippen molar-refractivity contribution in [3.8, 4) is 5.75 Å². The summed E-state index contributed by atoms with van der Waals surface area (Å²) in [4.78, 5) is 24.6. The molecule has 110 valence electrons. The molecular weight excluding hydrogens is 310 g/mol. The standard InChI is InChI=1S/C14H13NO4S2/c1-8(13(17)18)15-12(16)11(21-14(15)20)7-9-5-3-4-6-10(9)19-2/h3-8H,1-2H3,(H,17,18)/p-1. The number of carbonyl (C=O) groups excluding carboxylic acids is 2. The van der Waals surface area contributed by atoms with E-state index in [4.69, 9.17) is 17.0 Å². The summed E-state index contributed by atoms with van der Waals surface area (Å²) in [6.45, 7) is 1.37. The van der Waals surface area contributed by atoms with E-state index < -0.39 is 17.9 Å². The Morgan fingerprint density at radius 1 is 1.48 bits per heavy atom. The number of para-hydroxylation sites is 1. The first-order valence-corrected chi connectivity index (χ1v) is 7.29. The van der Waals surface area contributed by atoms with Crippen molar-refractivity contribution >= 4 is 46.3 Å². The van der Waals surface area contributed by atoms with Gasteiger partial charge in [-0.1, -0.05) is 42.2 Å². The summed E-state index contributed by atoms with van der Waals surface area (Å²) in [5.41, 5.74) is 0.724. The van der Waals surface area contributed by atoms with Gasteiger partial charge >= 0.3 is 0 Å². The third-order valence-corrected chi connectivity index (χ3v) is 4.31. The molecule has 1 fully saturated rings. The van der Waals surface area contributed by atoms with Crippen LogP contribution in [0.5, 0.6) is 5.75 Å². The summed E-state index contributed by atoms with van der Waals surface area (Å²) < 4.78 is 5.42. The molecule has 0 saturated carbocycles. The van der Waals surface area contributed by atoms with Gasteiger partial charge in [0.2, 0.25) is 0 Å². The predicted octanol–water partition coefficient (Wildman–Crippen LogP) is 1.03. The van der Waals surface area contributed by atoms with Crippen LogP contribution in [0.25, 0.3) is 6.08 Å². The van der Waals surface area contributed by atoms with Crippen LogP contribution in [0.1, 0.15) is 12.5 Å². The van der Waals surface area contributed by atoms with Gasteiger partial charge in [0.1, 0.15) is 10.1 Å². The van der Waals surface area contributed by atoms with Crippen molar-refractivity contribution in [2.45, 2.75) is 13.0 Å². The normalized spacial score (nSPS) is 18.2. The quantitative estimate of drug-likeness (QED) is 0.609. The molecule has 0 spiro atoms. The lowest BCUT2D eigenvalue weighted by Gasteiger charge is -2.23. The van der Waals surface area contributed by atoms with E-state index >= 15 is 0 Å². The van der Waals surface area contributed by atoms with Gasteiger partial charge in [-0.3, -0.25) is 9.69 Å². The number of aliphatic carboxylic acids is 1.